The van der Waals surface area contributed by atoms with Gasteiger partial charge in [0.25, 0.3) is 10.1 Å². The van der Waals surface area contributed by atoms with E-state index in [-0.39, 0.29) is 16.6 Å². The molecule has 2 unspecified atom stereocenters. The van der Waals surface area contributed by atoms with Gasteiger partial charge in [-0.15, -0.1) is 0 Å². The van der Waals surface area contributed by atoms with Crippen LogP contribution in [0.25, 0.3) is 0 Å². The van der Waals surface area contributed by atoms with Crippen molar-refractivity contribution in [3.63, 3.8) is 0 Å². The average Bonchev–Trinajstić information content (AvgIpc) is 2.20. The van der Waals surface area contributed by atoms with Crippen LogP contribution < -0.4 is 0 Å². The Labute approximate surface area is 93.0 Å². The zero-order chi connectivity index (χ0) is 11.9. The van der Waals surface area contributed by atoms with E-state index in [1.54, 1.807) is 0 Å². The lowest BCUT2D eigenvalue weighted by Crippen LogP contribution is -2.39. The maximum atomic E-state index is 11.0. The Morgan fingerprint density at radius 3 is 2.20 bits per heavy atom. The van der Waals surface area contributed by atoms with Crippen LogP contribution in [0, 0.1) is 16.7 Å². The van der Waals surface area contributed by atoms with Crippen molar-refractivity contribution in [2.75, 3.05) is 5.75 Å². The van der Waals surface area contributed by atoms with Crippen LogP contribution in [0.3, 0.4) is 0 Å². The Morgan fingerprint density at radius 2 is 1.87 bits per heavy atom. The molecule has 0 aromatic carbocycles. The highest BCUT2D eigenvalue weighted by molar-refractivity contribution is 7.85. The summed E-state index contributed by atoms with van der Waals surface area (Å²) >= 11 is 0. The van der Waals surface area contributed by atoms with E-state index in [9.17, 15) is 8.42 Å². The summed E-state index contributed by atoms with van der Waals surface area (Å²) in [5.74, 6) is 0.452. The maximum Gasteiger partial charge on any atom is 0.265 e. The first kappa shape index (κ1) is 13.0. The van der Waals surface area contributed by atoms with Gasteiger partial charge in [0.2, 0.25) is 0 Å². The molecule has 1 N–H and O–H groups in total. The van der Waals surface area contributed by atoms with Gasteiger partial charge in [-0.1, -0.05) is 34.1 Å². The van der Waals surface area contributed by atoms with Crippen LogP contribution in [0.1, 0.15) is 47.0 Å². The van der Waals surface area contributed by atoms with Crippen molar-refractivity contribution in [3.05, 3.63) is 0 Å². The van der Waals surface area contributed by atoms with Gasteiger partial charge >= 0.3 is 0 Å². The smallest absolute Gasteiger partial charge is 0.265 e. The van der Waals surface area contributed by atoms with Gasteiger partial charge in [0.15, 0.2) is 0 Å². The predicted octanol–water partition coefficient (Wildman–Crippen LogP) is 2.73. The van der Waals surface area contributed by atoms with Crippen LogP contribution in [0.4, 0.5) is 0 Å². The Morgan fingerprint density at radius 1 is 1.33 bits per heavy atom. The molecule has 90 valence electrons. The first-order valence-corrected chi connectivity index (χ1v) is 7.18. The quantitative estimate of drug-likeness (QED) is 0.764. The van der Waals surface area contributed by atoms with Crippen molar-refractivity contribution >= 4 is 10.1 Å². The standard InChI is InChI=1S/C11H22O3S/c1-5-9-6-7-11(4,10(9,2)3)8-15(12,13)14/h9H,5-8H2,1-4H3,(H,12,13,14). The van der Waals surface area contributed by atoms with Crippen LogP contribution in [0.15, 0.2) is 0 Å². The van der Waals surface area contributed by atoms with Gasteiger partial charge in [0.1, 0.15) is 0 Å². The summed E-state index contributed by atoms with van der Waals surface area (Å²) in [5, 5.41) is 0. The molecule has 15 heavy (non-hydrogen) atoms. The van der Waals surface area contributed by atoms with E-state index in [1.165, 1.54) is 0 Å². The largest absolute Gasteiger partial charge is 0.286 e. The lowest BCUT2D eigenvalue weighted by molar-refractivity contribution is 0.106. The van der Waals surface area contributed by atoms with Crippen LogP contribution in [-0.4, -0.2) is 18.7 Å². The second kappa shape index (κ2) is 3.74. The summed E-state index contributed by atoms with van der Waals surface area (Å²) < 4.78 is 31.1. The summed E-state index contributed by atoms with van der Waals surface area (Å²) in [7, 11) is -3.87. The minimum absolute atomic E-state index is 0.0163. The van der Waals surface area contributed by atoms with Gasteiger partial charge in [-0.3, -0.25) is 4.55 Å². The zero-order valence-electron chi connectivity index (χ0n) is 10.1. The molecule has 0 bridgehead atoms. The number of hydrogen-bond donors (Lipinski definition) is 1. The SMILES string of the molecule is CCC1CCC(C)(CS(=O)(=O)O)C1(C)C. The number of hydrogen-bond acceptors (Lipinski definition) is 2. The van der Waals surface area contributed by atoms with Crippen molar-refractivity contribution in [2.24, 2.45) is 16.7 Å². The van der Waals surface area contributed by atoms with Gasteiger partial charge < -0.3 is 0 Å². The van der Waals surface area contributed by atoms with E-state index in [1.807, 2.05) is 6.92 Å². The van der Waals surface area contributed by atoms with Gasteiger partial charge in [0.05, 0.1) is 5.75 Å². The van der Waals surface area contributed by atoms with Gasteiger partial charge in [-0.05, 0) is 29.6 Å². The molecule has 4 heteroatoms. The summed E-state index contributed by atoms with van der Waals surface area (Å²) in [5.41, 5.74) is -0.307. The third kappa shape index (κ3) is 2.36. The lowest BCUT2D eigenvalue weighted by Gasteiger charge is -2.41. The fourth-order valence-corrected chi connectivity index (χ4v) is 4.37. The normalized spacial score (nSPS) is 35.7. The Balaban J connectivity index is 2.96. The fraction of sp³-hybridized carbons (Fsp3) is 1.00. The summed E-state index contributed by atoms with van der Waals surface area (Å²) in [6.45, 7) is 8.38. The third-order valence-corrected chi connectivity index (χ3v) is 5.62. The highest BCUT2D eigenvalue weighted by Crippen LogP contribution is 2.57. The molecule has 2 atom stereocenters. The molecule has 1 rings (SSSR count). The Bertz CT molecular complexity index is 332. The molecule has 0 saturated heterocycles. The van der Waals surface area contributed by atoms with E-state index in [4.69, 9.17) is 4.55 Å². The average molecular weight is 234 g/mol. The molecule has 1 aliphatic carbocycles. The van der Waals surface area contributed by atoms with E-state index in [2.05, 4.69) is 20.8 Å². The fourth-order valence-electron chi connectivity index (χ4n) is 3.04. The minimum atomic E-state index is -3.87. The molecule has 0 spiro atoms. The summed E-state index contributed by atoms with van der Waals surface area (Å²) in [6, 6.07) is 0. The molecule has 0 heterocycles. The van der Waals surface area contributed by atoms with Gasteiger partial charge in [0, 0.05) is 0 Å². The molecule has 0 aliphatic heterocycles. The van der Waals surface area contributed by atoms with Crippen LogP contribution in [0.5, 0.6) is 0 Å². The second-order valence-electron chi connectivity index (χ2n) is 5.65. The molecule has 1 fully saturated rings. The molecule has 0 radical (unpaired) electrons. The van der Waals surface area contributed by atoms with E-state index < -0.39 is 10.1 Å². The summed E-state index contributed by atoms with van der Waals surface area (Å²) in [4.78, 5) is 0. The maximum absolute atomic E-state index is 11.0. The summed E-state index contributed by atoms with van der Waals surface area (Å²) in [6.07, 6.45) is 3.03. The highest BCUT2D eigenvalue weighted by Gasteiger charge is 2.52. The van der Waals surface area contributed by atoms with Crippen LogP contribution in [-0.2, 0) is 10.1 Å². The molecule has 0 aromatic rings. The van der Waals surface area contributed by atoms with Gasteiger partial charge in [-0.2, -0.15) is 8.42 Å². The third-order valence-electron chi connectivity index (χ3n) is 4.61. The van der Waals surface area contributed by atoms with Crippen LogP contribution in [0.2, 0.25) is 0 Å². The van der Waals surface area contributed by atoms with Crippen molar-refractivity contribution in [3.8, 4) is 0 Å². The molecule has 1 aliphatic rings. The van der Waals surface area contributed by atoms with Crippen molar-refractivity contribution in [1.82, 2.24) is 0 Å². The molecular weight excluding hydrogens is 212 g/mol. The molecule has 1 saturated carbocycles. The topological polar surface area (TPSA) is 54.4 Å². The van der Waals surface area contributed by atoms with E-state index in [0.29, 0.717) is 5.92 Å². The molecule has 0 aromatic heterocycles. The van der Waals surface area contributed by atoms with Gasteiger partial charge in [-0.25, -0.2) is 0 Å². The number of rotatable bonds is 3. The Hall–Kier alpha value is -0.0900. The van der Waals surface area contributed by atoms with Crippen molar-refractivity contribution in [2.45, 2.75) is 47.0 Å². The van der Waals surface area contributed by atoms with E-state index >= 15 is 0 Å². The predicted molar refractivity (Wildman–Crippen MR) is 61.3 cm³/mol. The highest BCUT2D eigenvalue weighted by atomic mass is 32.2. The van der Waals surface area contributed by atoms with Crippen molar-refractivity contribution in [1.29, 1.82) is 0 Å². The monoisotopic (exact) mass is 234 g/mol. The minimum Gasteiger partial charge on any atom is -0.286 e. The first-order valence-electron chi connectivity index (χ1n) is 5.57. The lowest BCUT2D eigenvalue weighted by atomic mass is 9.66. The Kier molecular flexibility index (Phi) is 3.23. The zero-order valence-corrected chi connectivity index (χ0v) is 10.9. The molecule has 3 nitrogen and oxygen atoms in total. The van der Waals surface area contributed by atoms with Crippen molar-refractivity contribution < 1.29 is 13.0 Å². The van der Waals surface area contributed by atoms with Crippen LogP contribution >= 0.6 is 0 Å². The molecular formula is C11H22O3S. The second-order valence-corrected chi connectivity index (χ2v) is 7.10. The van der Waals surface area contributed by atoms with E-state index in [0.717, 1.165) is 19.3 Å². The molecule has 0 amide bonds. The first-order chi connectivity index (χ1) is 6.62.